The van der Waals surface area contributed by atoms with Crippen LogP contribution in [0, 0.1) is 0 Å². The highest BCUT2D eigenvalue weighted by Crippen LogP contribution is 2.20. The van der Waals surface area contributed by atoms with Crippen LogP contribution in [-0.4, -0.2) is 16.0 Å². The summed E-state index contributed by atoms with van der Waals surface area (Å²) < 4.78 is 5.79. The third-order valence-corrected chi connectivity index (χ3v) is 4.63. The second kappa shape index (κ2) is 7.96. The van der Waals surface area contributed by atoms with Gasteiger partial charge in [-0.05, 0) is 41.0 Å². The van der Waals surface area contributed by atoms with E-state index in [9.17, 15) is 4.79 Å². The third-order valence-electron chi connectivity index (χ3n) is 4.63. The summed E-state index contributed by atoms with van der Waals surface area (Å²) >= 11 is 0. The maximum Gasteiger partial charge on any atom is 0.153 e. The molecule has 4 rings (SSSR count). The van der Waals surface area contributed by atoms with Crippen molar-refractivity contribution in [2.24, 2.45) is 0 Å². The first kappa shape index (κ1) is 17.8. The molecular formula is C23H21N3O2. The van der Waals surface area contributed by atoms with E-state index in [0.29, 0.717) is 25.3 Å². The molecule has 0 aliphatic rings. The normalized spacial score (nSPS) is 10.9. The number of aromatic amines is 1. The number of benzene rings is 3. The Morgan fingerprint density at radius 2 is 1.61 bits per heavy atom. The Kier molecular flexibility index (Phi) is 5.06. The van der Waals surface area contributed by atoms with Crippen LogP contribution in [0.4, 0.5) is 5.82 Å². The second-order valence-corrected chi connectivity index (χ2v) is 6.80. The lowest BCUT2D eigenvalue weighted by Crippen LogP contribution is -2.06. The monoisotopic (exact) mass is 371 g/mol. The standard InChI is InChI=1S/C23H21N3O2/c24-23-21-14-18(8-11-22(21)25-26-23)13-19(27)12-16-6-9-20(10-7-16)28-15-17-4-2-1-3-5-17/h1-11,14H,12-13,15H2,(H3,24,25,26). The quantitative estimate of drug-likeness (QED) is 0.513. The molecule has 0 aliphatic heterocycles. The van der Waals surface area contributed by atoms with E-state index in [2.05, 4.69) is 10.2 Å². The Labute approximate surface area is 163 Å². The van der Waals surface area contributed by atoms with Crippen molar-refractivity contribution in [3.8, 4) is 5.75 Å². The lowest BCUT2D eigenvalue weighted by molar-refractivity contribution is -0.117. The summed E-state index contributed by atoms with van der Waals surface area (Å²) in [5.74, 6) is 1.40. The first-order valence-corrected chi connectivity index (χ1v) is 9.17. The number of anilines is 1. The van der Waals surface area contributed by atoms with Gasteiger partial charge in [0.15, 0.2) is 5.82 Å². The number of nitrogens with zero attached hydrogens (tertiary/aromatic N) is 1. The number of nitrogens with two attached hydrogens (primary N) is 1. The fourth-order valence-corrected chi connectivity index (χ4v) is 3.15. The van der Waals surface area contributed by atoms with Crippen LogP contribution in [0.2, 0.25) is 0 Å². The van der Waals surface area contributed by atoms with Crippen LogP contribution >= 0.6 is 0 Å². The van der Waals surface area contributed by atoms with E-state index < -0.39 is 0 Å². The van der Waals surface area contributed by atoms with Gasteiger partial charge < -0.3 is 10.5 Å². The van der Waals surface area contributed by atoms with Crippen LogP contribution in [0.15, 0.2) is 72.8 Å². The minimum atomic E-state index is 0.152. The molecule has 0 saturated heterocycles. The van der Waals surface area contributed by atoms with Crippen molar-refractivity contribution in [2.75, 3.05) is 5.73 Å². The molecule has 0 atom stereocenters. The number of aromatic nitrogens is 2. The number of hydrogen-bond donors (Lipinski definition) is 2. The molecular weight excluding hydrogens is 350 g/mol. The van der Waals surface area contributed by atoms with E-state index in [1.54, 1.807) is 0 Å². The van der Waals surface area contributed by atoms with Gasteiger partial charge in [0.25, 0.3) is 0 Å². The van der Waals surface area contributed by atoms with E-state index in [-0.39, 0.29) is 5.78 Å². The van der Waals surface area contributed by atoms with Crippen molar-refractivity contribution in [1.29, 1.82) is 0 Å². The molecule has 5 nitrogen and oxygen atoms in total. The van der Waals surface area contributed by atoms with Crippen molar-refractivity contribution < 1.29 is 9.53 Å². The third kappa shape index (κ3) is 4.20. The van der Waals surface area contributed by atoms with Crippen LogP contribution in [0.1, 0.15) is 16.7 Å². The number of hydrogen-bond acceptors (Lipinski definition) is 4. The zero-order valence-corrected chi connectivity index (χ0v) is 15.4. The van der Waals surface area contributed by atoms with Gasteiger partial charge in [0.05, 0.1) is 5.52 Å². The van der Waals surface area contributed by atoms with E-state index >= 15 is 0 Å². The van der Waals surface area contributed by atoms with Gasteiger partial charge in [-0.15, -0.1) is 0 Å². The molecule has 0 amide bonds. The average Bonchev–Trinajstić information content (AvgIpc) is 3.08. The molecule has 1 aromatic heterocycles. The molecule has 140 valence electrons. The lowest BCUT2D eigenvalue weighted by Gasteiger charge is -2.07. The van der Waals surface area contributed by atoms with Gasteiger partial charge in [0.2, 0.25) is 0 Å². The zero-order valence-electron chi connectivity index (χ0n) is 15.4. The Hall–Kier alpha value is -3.60. The number of carbonyl (C=O) groups excluding carboxylic acids is 1. The largest absolute Gasteiger partial charge is 0.489 e. The Morgan fingerprint density at radius 1 is 0.893 bits per heavy atom. The zero-order chi connectivity index (χ0) is 19.3. The molecule has 0 fully saturated rings. The second-order valence-electron chi connectivity index (χ2n) is 6.80. The van der Waals surface area contributed by atoms with Crippen molar-refractivity contribution in [1.82, 2.24) is 10.2 Å². The molecule has 3 N–H and O–H groups in total. The summed E-state index contributed by atoms with van der Waals surface area (Å²) in [7, 11) is 0. The van der Waals surface area contributed by atoms with E-state index in [4.69, 9.17) is 10.5 Å². The number of Topliss-reactive ketones (excluding diaryl/α,β-unsaturated/α-hetero) is 1. The lowest BCUT2D eigenvalue weighted by atomic mass is 10.0. The number of H-pyrrole nitrogens is 1. The van der Waals surface area contributed by atoms with Crippen molar-refractivity contribution in [2.45, 2.75) is 19.4 Å². The predicted molar refractivity (Wildman–Crippen MR) is 110 cm³/mol. The van der Waals surface area contributed by atoms with Crippen molar-refractivity contribution >= 4 is 22.5 Å². The van der Waals surface area contributed by atoms with E-state index in [1.807, 2.05) is 72.8 Å². The summed E-state index contributed by atoms with van der Waals surface area (Å²) in [6, 6.07) is 23.5. The number of fused-ring (bicyclic) bond motifs is 1. The predicted octanol–water partition coefficient (Wildman–Crippen LogP) is 4.08. The summed E-state index contributed by atoms with van der Waals surface area (Å²) in [5.41, 5.74) is 9.74. The summed E-state index contributed by atoms with van der Waals surface area (Å²) in [6.07, 6.45) is 0.755. The molecule has 0 radical (unpaired) electrons. The van der Waals surface area contributed by atoms with Crippen LogP contribution in [-0.2, 0) is 24.2 Å². The molecule has 0 aliphatic carbocycles. The number of ether oxygens (including phenoxy) is 1. The van der Waals surface area contributed by atoms with Gasteiger partial charge in [-0.25, -0.2) is 0 Å². The van der Waals surface area contributed by atoms with Gasteiger partial charge in [-0.1, -0.05) is 48.5 Å². The molecule has 0 bridgehead atoms. The minimum Gasteiger partial charge on any atom is -0.489 e. The van der Waals surface area contributed by atoms with Gasteiger partial charge in [0, 0.05) is 18.2 Å². The molecule has 0 saturated carbocycles. The van der Waals surface area contributed by atoms with Gasteiger partial charge in [-0.2, -0.15) is 5.10 Å². The van der Waals surface area contributed by atoms with Crippen LogP contribution in [0.25, 0.3) is 10.9 Å². The molecule has 1 heterocycles. The Morgan fingerprint density at radius 3 is 2.39 bits per heavy atom. The first-order valence-electron chi connectivity index (χ1n) is 9.17. The fourth-order valence-electron chi connectivity index (χ4n) is 3.15. The smallest absolute Gasteiger partial charge is 0.153 e. The minimum absolute atomic E-state index is 0.152. The first-order chi connectivity index (χ1) is 13.7. The number of nitrogens with one attached hydrogen (secondary N) is 1. The molecule has 0 unspecified atom stereocenters. The number of nitrogen functional groups attached to an aromatic ring is 1. The van der Waals surface area contributed by atoms with Crippen LogP contribution < -0.4 is 10.5 Å². The maximum absolute atomic E-state index is 12.5. The Balaban J connectivity index is 1.34. The SMILES string of the molecule is Nc1n[nH]c2ccc(CC(=O)Cc3ccc(OCc4ccccc4)cc3)cc12. The van der Waals surface area contributed by atoms with Gasteiger partial charge >= 0.3 is 0 Å². The van der Waals surface area contributed by atoms with Crippen molar-refractivity contribution in [3.63, 3.8) is 0 Å². The molecule has 3 aromatic carbocycles. The Bertz CT molecular complexity index is 1090. The summed E-state index contributed by atoms with van der Waals surface area (Å²) in [6.45, 7) is 0.527. The summed E-state index contributed by atoms with van der Waals surface area (Å²) in [4.78, 5) is 12.5. The van der Waals surface area contributed by atoms with Crippen molar-refractivity contribution in [3.05, 3.63) is 89.5 Å². The van der Waals surface area contributed by atoms with E-state index in [1.165, 1.54) is 0 Å². The molecule has 28 heavy (non-hydrogen) atoms. The highest BCUT2D eigenvalue weighted by Gasteiger charge is 2.09. The molecule has 4 aromatic rings. The fraction of sp³-hybridized carbons (Fsp3) is 0.130. The molecule has 5 heteroatoms. The highest BCUT2D eigenvalue weighted by molar-refractivity contribution is 5.90. The highest BCUT2D eigenvalue weighted by atomic mass is 16.5. The van der Waals surface area contributed by atoms with Gasteiger partial charge in [-0.3, -0.25) is 9.89 Å². The topological polar surface area (TPSA) is 81.0 Å². The van der Waals surface area contributed by atoms with Crippen LogP contribution in [0.5, 0.6) is 5.75 Å². The number of carbonyl (C=O) groups is 1. The molecule has 0 spiro atoms. The van der Waals surface area contributed by atoms with E-state index in [0.717, 1.165) is 33.3 Å². The number of rotatable bonds is 7. The average molecular weight is 371 g/mol. The van der Waals surface area contributed by atoms with Crippen LogP contribution in [0.3, 0.4) is 0 Å². The number of ketones is 1. The van der Waals surface area contributed by atoms with Gasteiger partial charge in [0.1, 0.15) is 18.1 Å². The maximum atomic E-state index is 12.5. The summed E-state index contributed by atoms with van der Waals surface area (Å²) in [5, 5.41) is 7.70.